The molecule has 0 bridgehead atoms. The highest BCUT2D eigenvalue weighted by Crippen LogP contribution is 2.18. The first kappa shape index (κ1) is 11.3. The summed E-state index contributed by atoms with van der Waals surface area (Å²) in [5.74, 6) is 0.691. The molecule has 0 radical (unpaired) electrons. The lowest BCUT2D eigenvalue weighted by Crippen LogP contribution is -2.23. The molecule has 1 rings (SSSR count). The Labute approximate surface area is 89.8 Å². The van der Waals surface area contributed by atoms with Crippen molar-refractivity contribution >= 4 is 5.91 Å². The van der Waals surface area contributed by atoms with Gasteiger partial charge in [-0.2, -0.15) is 0 Å². The molecule has 0 saturated carbocycles. The maximum Gasteiger partial charge on any atom is 0.251 e. The fraction of sp³-hybridized carbons (Fsp3) is 0.250. The van der Waals surface area contributed by atoms with Crippen LogP contribution in [0.25, 0.3) is 0 Å². The van der Waals surface area contributed by atoms with Crippen LogP contribution in [0.2, 0.25) is 0 Å². The molecule has 1 aromatic rings. The third-order valence-corrected chi connectivity index (χ3v) is 2.06. The minimum Gasteiger partial charge on any atom is -0.496 e. The molecule has 0 aromatic heterocycles. The van der Waals surface area contributed by atoms with Crippen LogP contribution in [-0.2, 0) is 0 Å². The van der Waals surface area contributed by atoms with Gasteiger partial charge in [0.05, 0.1) is 7.11 Å². The molecule has 0 fully saturated rings. The number of methoxy groups -OCH3 is 1. The Bertz CT molecular complexity index is 372. The minimum absolute atomic E-state index is 0.0966. The van der Waals surface area contributed by atoms with Crippen LogP contribution in [-0.4, -0.2) is 19.6 Å². The van der Waals surface area contributed by atoms with Crippen molar-refractivity contribution in [2.75, 3.05) is 13.7 Å². The molecule has 0 heterocycles. The number of benzene rings is 1. The minimum atomic E-state index is -0.0966. The third-order valence-electron chi connectivity index (χ3n) is 2.06. The second-order valence-electron chi connectivity index (χ2n) is 3.18. The van der Waals surface area contributed by atoms with Crippen molar-refractivity contribution in [3.8, 4) is 5.75 Å². The number of nitrogens with one attached hydrogen (secondary N) is 1. The van der Waals surface area contributed by atoms with Gasteiger partial charge in [0.1, 0.15) is 5.75 Å². The Morgan fingerprint density at radius 1 is 1.60 bits per heavy atom. The standard InChI is InChI=1S/C12H15NO2/c1-4-7-13-12(14)10-5-6-11(15-3)9(2)8-10/h4-6,8H,1,7H2,2-3H3,(H,13,14). The Hall–Kier alpha value is -1.77. The van der Waals surface area contributed by atoms with Gasteiger partial charge in [0.15, 0.2) is 0 Å². The van der Waals surface area contributed by atoms with Gasteiger partial charge in [-0.25, -0.2) is 0 Å². The Morgan fingerprint density at radius 3 is 2.87 bits per heavy atom. The smallest absolute Gasteiger partial charge is 0.251 e. The molecule has 0 saturated heterocycles. The lowest BCUT2D eigenvalue weighted by molar-refractivity contribution is 0.0958. The van der Waals surface area contributed by atoms with Gasteiger partial charge in [-0.1, -0.05) is 6.08 Å². The first-order valence-corrected chi connectivity index (χ1v) is 4.72. The summed E-state index contributed by atoms with van der Waals surface area (Å²) in [5.41, 5.74) is 1.58. The van der Waals surface area contributed by atoms with Crippen molar-refractivity contribution in [3.63, 3.8) is 0 Å². The zero-order chi connectivity index (χ0) is 11.3. The average molecular weight is 205 g/mol. The monoisotopic (exact) mass is 205 g/mol. The van der Waals surface area contributed by atoms with Gasteiger partial charge in [-0.05, 0) is 30.7 Å². The number of hydrogen-bond acceptors (Lipinski definition) is 2. The number of carbonyl (C=O) groups is 1. The van der Waals surface area contributed by atoms with Gasteiger partial charge in [-0.3, -0.25) is 4.79 Å². The summed E-state index contributed by atoms with van der Waals surface area (Å²) in [6.07, 6.45) is 1.65. The van der Waals surface area contributed by atoms with Crippen molar-refractivity contribution in [2.45, 2.75) is 6.92 Å². The van der Waals surface area contributed by atoms with E-state index < -0.39 is 0 Å². The Balaban J connectivity index is 2.82. The average Bonchev–Trinajstić information content (AvgIpc) is 2.25. The molecule has 0 spiro atoms. The van der Waals surface area contributed by atoms with Gasteiger partial charge < -0.3 is 10.1 Å². The quantitative estimate of drug-likeness (QED) is 0.763. The van der Waals surface area contributed by atoms with Crippen LogP contribution in [0.5, 0.6) is 5.75 Å². The predicted octanol–water partition coefficient (Wildman–Crippen LogP) is 1.92. The first-order chi connectivity index (χ1) is 7.19. The van der Waals surface area contributed by atoms with Gasteiger partial charge in [0, 0.05) is 12.1 Å². The fourth-order valence-corrected chi connectivity index (χ4v) is 1.29. The van der Waals surface area contributed by atoms with Crippen LogP contribution in [0.1, 0.15) is 15.9 Å². The van der Waals surface area contributed by atoms with Gasteiger partial charge in [-0.15, -0.1) is 6.58 Å². The van der Waals surface area contributed by atoms with E-state index in [-0.39, 0.29) is 5.91 Å². The van der Waals surface area contributed by atoms with Crippen molar-refractivity contribution in [3.05, 3.63) is 42.0 Å². The zero-order valence-corrected chi connectivity index (χ0v) is 9.04. The number of ether oxygens (including phenoxy) is 1. The van der Waals surface area contributed by atoms with Crippen LogP contribution in [0.3, 0.4) is 0 Å². The SMILES string of the molecule is C=CCNC(=O)c1ccc(OC)c(C)c1. The number of carbonyl (C=O) groups excluding carboxylic acids is 1. The van der Waals surface area contributed by atoms with Crippen LogP contribution in [0.15, 0.2) is 30.9 Å². The summed E-state index contributed by atoms with van der Waals surface area (Å²) in [5, 5.41) is 2.72. The van der Waals surface area contributed by atoms with Crippen LogP contribution < -0.4 is 10.1 Å². The topological polar surface area (TPSA) is 38.3 Å². The molecular weight excluding hydrogens is 190 g/mol. The number of rotatable bonds is 4. The van der Waals surface area contributed by atoms with Crippen LogP contribution in [0, 0.1) is 6.92 Å². The first-order valence-electron chi connectivity index (χ1n) is 4.72. The van der Waals surface area contributed by atoms with E-state index in [0.29, 0.717) is 12.1 Å². The summed E-state index contributed by atoms with van der Waals surface area (Å²) in [4.78, 5) is 11.6. The highest BCUT2D eigenvalue weighted by Gasteiger charge is 2.06. The van der Waals surface area contributed by atoms with E-state index in [9.17, 15) is 4.79 Å². The van der Waals surface area contributed by atoms with Gasteiger partial charge in [0.2, 0.25) is 0 Å². The normalized spacial score (nSPS) is 9.47. The molecule has 3 nitrogen and oxygen atoms in total. The van der Waals surface area contributed by atoms with Crippen molar-refractivity contribution in [1.29, 1.82) is 0 Å². The molecule has 1 amide bonds. The molecule has 3 heteroatoms. The highest BCUT2D eigenvalue weighted by molar-refractivity contribution is 5.94. The second kappa shape index (κ2) is 5.20. The second-order valence-corrected chi connectivity index (χ2v) is 3.18. The van der Waals surface area contributed by atoms with Crippen LogP contribution >= 0.6 is 0 Å². The van der Waals surface area contributed by atoms with E-state index in [1.165, 1.54) is 0 Å². The molecule has 15 heavy (non-hydrogen) atoms. The number of amides is 1. The number of aryl methyl sites for hydroxylation is 1. The lowest BCUT2D eigenvalue weighted by atomic mass is 10.1. The summed E-state index contributed by atoms with van der Waals surface area (Å²) >= 11 is 0. The molecular formula is C12H15NO2. The predicted molar refractivity (Wildman–Crippen MR) is 60.3 cm³/mol. The summed E-state index contributed by atoms with van der Waals surface area (Å²) in [6, 6.07) is 5.33. The van der Waals surface area contributed by atoms with E-state index in [4.69, 9.17) is 4.74 Å². The largest absolute Gasteiger partial charge is 0.496 e. The maximum absolute atomic E-state index is 11.6. The third kappa shape index (κ3) is 2.84. The van der Waals surface area contributed by atoms with Gasteiger partial charge in [0.25, 0.3) is 5.91 Å². The van der Waals surface area contributed by atoms with E-state index in [1.54, 1.807) is 31.4 Å². The maximum atomic E-state index is 11.6. The number of hydrogen-bond donors (Lipinski definition) is 1. The van der Waals surface area contributed by atoms with Gasteiger partial charge >= 0.3 is 0 Å². The van der Waals surface area contributed by atoms with E-state index >= 15 is 0 Å². The van der Waals surface area contributed by atoms with Crippen LogP contribution in [0.4, 0.5) is 0 Å². The van der Waals surface area contributed by atoms with Crippen molar-refractivity contribution < 1.29 is 9.53 Å². The zero-order valence-electron chi connectivity index (χ0n) is 9.04. The molecule has 1 aromatic carbocycles. The summed E-state index contributed by atoms with van der Waals surface area (Å²) in [6.45, 7) is 5.92. The molecule has 0 atom stereocenters. The summed E-state index contributed by atoms with van der Waals surface area (Å²) in [7, 11) is 1.61. The molecule has 0 aliphatic heterocycles. The van der Waals surface area contributed by atoms with E-state index in [0.717, 1.165) is 11.3 Å². The molecule has 0 aliphatic carbocycles. The molecule has 0 unspecified atom stereocenters. The summed E-state index contributed by atoms with van der Waals surface area (Å²) < 4.78 is 5.11. The van der Waals surface area contributed by atoms with Crippen molar-refractivity contribution in [1.82, 2.24) is 5.32 Å². The molecule has 1 N–H and O–H groups in total. The Morgan fingerprint density at radius 2 is 2.33 bits per heavy atom. The van der Waals surface area contributed by atoms with Crippen molar-refractivity contribution in [2.24, 2.45) is 0 Å². The Kier molecular flexibility index (Phi) is 3.92. The lowest BCUT2D eigenvalue weighted by Gasteiger charge is -2.07. The molecule has 0 aliphatic rings. The highest BCUT2D eigenvalue weighted by atomic mass is 16.5. The fourth-order valence-electron chi connectivity index (χ4n) is 1.29. The van der Waals surface area contributed by atoms with E-state index in [2.05, 4.69) is 11.9 Å². The van der Waals surface area contributed by atoms with E-state index in [1.807, 2.05) is 6.92 Å². The molecule has 80 valence electrons.